The molecule has 0 radical (unpaired) electrons. The first-order valence-electron chi connectivity index (χ1n) is 6.57. The number of rotatable bonds is 7. The lowest BCUT2D eigenvalue weighted by molar-refractivity contribution is -0.116. The SMILES string of the molecule is CCCC(C)C(C)CNC(=O)/C=C/c1cnc[nH]1. The summed E-state index contributed by atoms with van der Waals surface area (Å²) in [7, 11) is 0. The van der Waals surface area contributed by atoms with Crippen molar-refractivity contribution >= 4 is 12.0 Å². The quantitative estimate of drug-likeness (QED) is 0.730. The molecule has 2 N–H and O–H groups in total. The highest BCUT2D eigenvalue weighted by molar-refractivity contribution is 5.91. The second kappa shape index (κ2) is 7.69. The van der Waals surface area contributed by atoms with Crippen LogP contribution in [0.5, 0.6) is 0 Å². The van der Waals surface area contributed by atoms with E-state index in [2.05, 4.69) is 36.1 Å². The van der Waals surface area contributed by atoms with Crippen molar-refractivity contribution in [1.29, 1.82) is 0 Å². The molecule has 1 aromatic rings. The Morgan fingerprint density at radius 3 is 2.89 bits per heavy atom. The number of carbonyl (C=O) groups is 1. The topological polar surface area (TPSA) is 57.8 Å². The largest absolute Gasteiger partial charge is 0.352 e. The van der Waals surface area contributed by atoms with Gasteiger partial charge in [-0.05, 0) is 17.9 Å². The molecule has 0 fully saturated rings. The number of nitrogens with one attached hydrogen (secondary N) is 2. The van der Waals surface area contributed by atoms with Gasteiger partial charge >= 0.3 is 0 Å². The highest BCUT2D eigenvalue weighted by Gasteiger charge is 2.11. The highest BCUT2D eigenvalue weighted by Crippen LogP contribution is 2.15. The molecule has 0 bridgehead atoms. The molecule has 4 nitrogen and oxygen atoms in total. The van der Waals surface area contributed by atoms with Gasteiger partial charge in [-0.15, -0.1) is 0 Å². The minimum atomic E-state index is -0.0554. The Hall–Kier alpha value is -1.58. The zero-order chi connectivity index (χ0) is 13.4. The summed E-state index contributed by atoms with van der Waals surface area (Å²) in [6, 6.07) is 0. The molecular formula is C14H23N3O. The van der Waals surface area contributed by atoms with E-state index >= 15 is 0 Å². The standard InChI is InChI=1S/C14H23N3O/c1-4-5-11(2)12(3)8-16-14(18)7-6-13-9-15-10-17-13/h6-7,9-12H,4-5,8H2,1-3H3,(H,15,17)(H,16,18)/b7-6+. The molecule has 0 aliphatic rings. The van der Waals surface area contributed by atoms with Crippen molar-refractivity contribution in [3.05, 3.63) is 24.3 Å². The molecule has 1 amide bonds. The third-order valence-corrected chi connectivity index (χ3v) is 3.25. The molecule has 0 saturated heterocycles. The summed E-state index contributed by atoms with van der Waals surface area (Å²) in [5.74, 6) is 1.10. The zero-order valence-corrected chi connectivity index (χ0v) is 11.4. The van der Waals surface area contributed by atoms with E-state index < -0.39 is 0 Å². The molecule has 18 heavy (non-hydrogen) atoms. The molecule has 100 valence electrons. The average molecular weight is 249 g/mol. The van der Waals surface area contributed by atoms with Gasteiger partial charge in [-0.3, -0.25) is 4.79 Å². The molecule has 2 atom stereocenters. The maximum Gasteiger partial charge on any atom is 0.244 e. The summed E-state index contributed by atoms with van der Waals surface area (Å²) in [5, 5.41) is 2.92. The Morgan fingerprint density at radius 1 is 1.50 bits per heavy atom. The summed E-state index contributed by atoms with van der Waals surface area (Å²) in [5.41, 5.74) is 0.831. The van der Waals surface area contributed by atoms with Crippen LogP contribution in [0.2, 0.25) is 0 Å². The summed E-state index contributed by atoms with van der Waals surface area (Å²) in [6.45, 7) is 7.34. The zero-order valence-electron chi connectivity index (χ0n) is 11.4. The van der Waals surface area contributed by atoms with E-state index in [9.17, 15) is 4.79 Å². The van der Waals surface area contributed by atoms with Crippen LogP contribution < -0.4 is 5.32 Å². The number of carbonyl (C=O) groups excluding carboxylic acids is 1. The van der Waals surface area contributed by atoms with Gasteiger partial charge in [-0.2, -0.15) is 0 Å². The first-order chi connectivity index (χ1) is 8.63. The lowest BCUT2D eigenvalue weighted by atomic mass is 9.92. The van der Waals surface area contributed by atoms with Crippen LogP contribution in [0.3, 0.4) is 0 Å². The van der Waals surface area contributed by atoms with Crippen LogP contribution in [-0.4, -0.2) is 22.4 Å². The van der Waals surface area contributed by atoms with Gasteiger partial charge < -0.3 is 10.3 Å². The fourth-order valence-electron chi connectivity index (χ4n) is 1.78. The number of imidazole rings is 1. The number of amides is 1. The fraction of sp³-hybridized carbons (Fsp3) is 0.571. The molecular weight excluding hydrogens is 226 g/mol. The number of hydrogen-bond donors (Lipinski definition) is 2. The third kappa shape index (κ3) is 5.17. The van der Waals surface area contributed by atoms with E-state index in [-0.39, 0.29) is 5.91 Å². The molecule has 2 unspecified atom stereocenters. The number of nitrogens with zero attached hydrogens (tertiary/aromatic N) is 1. The molecule has 0 aliphatic heterocycles. The summed E-state index contributed by atoms with van der Waals surface area (Å²) in [4.78, 5) is 18.4. The van der Waals surface area contributed by atoms with E-state index in [0.717, 1.165) is 12.2 Å². The molecule has 1 aromatic heterocycles. The number of aromatic amines is 1. The Bertz CT molecular complexity index is 370. The summed E-state index contributed by atoms with van der Waals surface area (Å²) in [6.07, 6.45) is 8.93. The molecule has 0 aromatic carbocycles. The van der Waals surface area contributed by atoms with Crippen molar-refractivity contribution in [2.45, 2.75) is 33.6 Å². The van der Waals surface area contributed by atoms with E-state index in [4.69, 9.17) is 0 Å². The van der Waals surface area contributed by atoms with E-state index in [1.54, 1.807) is 18.6 Å². The number of aromatic nitrogens is 2. The van der Waals surface area contributed by atoms with Crippen LogP contribution in [0, 0.1) is 11.8 Å². The Labute approximate surface area is 109 Å². The van der Waals surface area contributed by atoms with Crippen LogP contribution in [0.15, 0.2) is 18.6 Å². The molecule has 1 heterocycles. The van der Waals surface area contributed by atoms with Gasteiger partial charge in [0.1, 0.15) is 0 Å². The minimum Gasteiger partial charge on any atom is -0.352 e. The van der Waals surface area contributed by atoms with E-state index in [0.29, 0.717) is 11.8 Å². The predicted octanol–water partition coefficient (Wildman–Crippen LogP) is 2.61. The maximum atomic E-state index is 11.6. The van der Waals surface area contributed by atoms with Crippen molar-refractivity contribution in [1.82, 2.24) is 15.3 Å². The number of hydrogen-bond acceptors (Lipinski definition) is 2. The normalized spacial score (nSPS) is 14.6. The fourth-order valence-corrected chi connectivity index (χ4v) is 1.78. The second-order valence-electron chi connectivity index (χ2n) is 4.83. The van der Waals surface area contributed by atoms with Gasteiger partial charge in [0.2, 0.25) is 5.91 Å². The lowest BCUT2D eigenvalue weighted by Gasteiger charge is -2.19. The molecule has 0 aliphatic carbocycles. The van der Waals surface area contributed by atoms with Crippen molar-refractivity contribution in [2.24, 2.45) is 11.8 Å². The molecule has 0 saturated carbocycles. The highest BCUT2D eigenvalue weighted by atomic mass is 16.1. The Balaban J connectivity index is 2.28. The van der Waals surface area contributed by atoms with Crippen molar-refractivity contribution in [3.8, 4) is 0 Å². The monoisotopic (exact) mass is 249 g/mol. The van der Waals surface area contributed by atoms with Crippen LogP contribution >= 0.6 is 0 Å². The van der Waals surface area contributed by atoms with Gasteiger partial charge in [0.25, 0.3) is 0 Å². The maximum absolute atomic E-state index is 11.6. The molecule has 0 spiro atoms. The van der Waals surface area contributed by atoms with Gasteiger partial charge in [0, 0.05) is 12.6 Å². The van der Waals surface area contributed by atoms with E-state index in [1.807, 2.05) is 0 Å². The minimum absolute atomic E-state index is 0.0554. The number of H-pyrrole nitrogens is 1. The molecule has 1 rings (SSSR count). The van der Waals surface area contributed by atoms with E-state index in [1.165, 1.54) is 18.9 Å². The van der Waals surface area contributed by atoms with Crippen molar-refractivity contribution < 1.29 is 4.79 Å². The van der Waals surface area contributed by atoms with Crippen LogP contribution in [0.4, 0.5) is 0 Å². The first-order valence-corrected chi connectivity index (χ1v) is 6.57. The third-order valence-electron chi connectivity index (χ3n) is 3.25. The van der Waals surface area contributed by atoms with Gasteiger partial charge in [0.05, 0.1) is 18.2 Å². The predicted molar refractivity (Wildman–Crippen MR) is 73.9 cm³/mol. The van der Waals surface area contributed by atoms with Crippen LogP contribution in [0.25, 0.3) is 6.08 Å². The molecule has 4 heteroatoms. The Kier molecular flexibility index (Phi) is 6.19. The van der Waals surface area contributed by atoms with Crippen molar-refractivity contribution in [2.75, 3.05) is 6.54 Å². The van der Waals surface area contributed by atoms with Gasteiger partial charge in [-0.1, -0.05) is 33.6 Å². The average Bonchev–Trinajstić information content (AvgIpc) is 2.86. The first kappa shape index (κ1) is 14.5. The Morgan fingerprint density at radius 2 is 2.28 bits per heavy atom. The van der Waals surface area contributed by atoms with Gasteiger partial charge in [-0.25, -0.2) is 4.98 Å². The second-order valence-corrected chi connectivity index (χ2v) is 4.83. The lowest BCUT2D eigenvalue weighted by Crippen LogP contribution is -2.29. The van der Waals surface area contributed by atoms with Gasteiger partial charge in [0.15, 0.2) is 0 Å². The smallest absolute Gasteiger partial charge is 0.244 e. The van der Waals surface area contributed by atoms with Crippen LogP contribution in [-0.2, 0) is 4.79 Å². The summed E-state index contributed by atoms with van der Waals surface area (Å²) >= 11 is 0. The summed E-state index contributed by atoms with van der Waals surface area (Å²) < 4.78 is 0. The van der Waals surface area contributed by atoms with Crippen LogP contribution in [0.1, 0.15) is 39.3 Å². The van der Waals surface area contributed by atoms with Crippen molar-refractivity contribution in [3.63, 3.8) is 0 Å².